The normalized spacial score (nSPS) is 20.3. The molecule has 1 saturated heterocycles. The Morgan fingerprint density at radius 3 is 1.49 bits per heavy atom. The van der Waals surface area contributed by atoms with Crippen molar-refractivity contribution in [1.29, 1.82) is 0 Å². The van der Waals surface area contributed by atoms with Crippen LogP contribution in [0.4, 0.5) is 0 Å². The number of unbranched alkanes of at least 4 members (excludes halogenated alkanes) is 28. The van der Waals surface area contributed by atoms with E-state index in [4.69, 9.17) is 18.9 Å². The van der Waals surface area contributed by atoms with Crippen LogP contribution in [0.2, 0.25) is 0 Å². The van der Waals surface area contributed by atoms with Crippen molar-refractivity contribution in [2.24, 2.45) is 0 Å². The molecule has 0 aliphatic carbocycles. The minimum atomic E-state index is -1.53. The quantitative estimate of drug-likeness (QED) is 0.0269. The summed E-state index contributed by atoms with van der Waals surface area (Å²) in [5, 5.41) is 40.2. The molecule has 0 bridgehead atoms. The Hall–Kier alpha value is -1.33. The highest BCUT2D eigenvalue weighted by Crippen LogP contribution is 2.23. The van der Waals surface area contributed by atoms with Crippen molar-refractivity contribution in [2.75, 3.05) is 26.4 Å². The Kier molecular flexibility index (Phi) is 39.6. The van der Waals surface area contributed by atoms with Gasteiger partial charge in [0, 0.05) is 13.0 Å². The van der Waals surface area contributed by atoms with E-state index in [-0.39, 0.29) is 19.2 Å². The summed E-state index contributed by atoms with van der Waals surface area (Å²) in [5.74, 6) is -0.311. The summed E-state index contributed by atoms with van der Waals surface area (Å²) in [5.41, 5.74) is 0. The van der Waals surface area contributed by atoms with Crippen molar-refractivity contribution >= 4 is 5.97 Å². The number of carbonyl (C=O) groups excluding carboxylic acids is 1. The molecule has 6 atom stereocenters. The van der Waals surface area contributed by atoms with E-state index in [9.17, 15) is 25.2 Å². The van der Waals surface area contributed by atoms with Crippen LogP contribution >= 0.6 is 0 Å². The zero-order valence-electron chi connectivity index (χ0n) is 38.3. The number of ether oxygens (including phenoxy) is 4. The van der Waals surface area contributed by atoms with E-state index in [2.05, 4.69) is 38.2 Å². The Morgan fingerprint density at radius 1 is 0.542 bits per heavy atom. The molecule has 9 nitrogen and oxygen atoms in total. The maximum absolute atomic E-state index is 12.8. The van der Waals surface area contributed by atoms with Gasteiger partial charge in [0.15, 0.2) is 6.29 Å². The maximum atomic E-state index is 12.8. The van der Waals surface area contributed by atoms with E-state index >= 15 is 0 Å². The number of allylic oxidation sites excluding steroid dienone is 4. The van der Waals surface area contributed by atoms with Gasteiger partial charge in [-0.1, -0.05) is 199 Å². The Balaban J connectivity index is 2.21. The van der Waals surface area contributed by atoms with Crippen LogP contribution in [0.15, 0.2) is 24.3 Å². The minimum Gasteiger partial charge on any atom is -0.457 e. The molecule has 1 heterocycles. The summed E-state index contributed by atoms with van der Waals surface area (Å²) in [4.78, 5) is 12.8. The highest BCUT2D eigenvalue weighted by atomic mass is 16.7. The lowest BCUT2D eigenvalue weighted by atomic mass is 9.99. The maximum Gasteiger partial charge on any atom is 0.306 e. The van der Waals surface area contributed by atoms with Gasteiger partial charge in [0.1, 0.15) is 30.5 Å². The molecule has 1 fully saturated rings. The number of aliphatic hydroxyl groups is 4. The Labute approximate surface area is 362 Å². The van der Waals surface area contributed by atoms with E-state index < -0.39 is 43.4 Å². The first-order chi connectivity index (χ1) is 28.9. The number of hydrogen-bond acceptors (Lipinski definition) is 9. The van der Waals surface area contributed by atoms with Gasteiger partial charge in [0.2, 0.25) is 0 Å². The van der Waals surface area contributed by atoms with Gasteiger partial charge in [-0.3, -0.25) is 4.79 Å². The summed E-state index contributed by atoms with van der Waals surface area (Å²) < 4.78 is 22.9. The molecule has 59 heavy (non-hydrogen) atoms. The minimum absolute atomic E-state index is 0.112. The van der Waals surface area contributed by atoms with Crippen molar-refractivity contribution < 1.29 is 44.2 Å². The van der Waals surface area contributed by atoms with Crippen molar-refractivity contribution in [3.05, 3.63) is 24.3 Å². The van der Waals surface area contributed by atoms with Crippen LogP contribution in [-0.2, 0) is 23.7 Å². The molecule has 348 valence electrons. The van der Waals surface area contributed by atoms with Gasteiger partial charge in [-0.15, -0.1) is 0 Å². The number of rotatable bonds is 43. The van der Waals surface area contributed by atoms with Crippen LogP contribution in [0.25, 0.3) is 0 Å². The van der Waals surface area contributed by atoms with Gasteiger partial charge in [-0.25, -0.2) is 0 Å². The molecule has 0 aromatic heterocycles. The fourth-order valence-electron chi connectivity index (χ4n) is 7.70. The zero-order chi connectivity index (χ0) is 42.9. The van der Waals surface area contributed by atoms with Crippen LogP contribution in [0.5, 0.6) is 0 Å². The van der Waals surface area contributed by atoms with Crippen LogP contribution in [-0.4, -0.2) is 89.6 Å². The first-order valence-corrected chi connectivity index (χ1v) is 24.9. The summed E-state index contributed by atoms with van der Waals surface area (Å²) in [6, 6.07) is 0. The van der Waals surface area contributed by atoms with Gasteiger partial charge in [0.25, 0.3) is 0 Å². The molecule has 0 saturated carbocycles. The molecular formula is C50H94O9. The zero-order valence-corrected chi connectivity index (χ0v) is 38.3. The number of aliphatic hydroxyl groups excluding tert-OH is 4. The summed E-state index contributed by atoms with van der Waals surface area (Å²) >= 11 is 0. The summed E-state index contributed by atoms with van der Waals surface area (Å²) in [6.07, 6.45) is 42.0. The second-order valence-corrected chi connectivity index (χ2v) is 17.3. The summed E-state index contributed by atoms with van der Waals surface area (Å²) in [7, 11) is 0. The van der Waals surface area contributed by atoms with Gasteiger partial charge in [-0.2, -0.15) is 0 Å². The van der Waals surface area contributed by atoms with Gasteiger partial charge in [-0.05, 0) is 44.9 Å². The van der Waals surface area contributed by atoms with E-state index in [0.717, 1.165) is 38.5 Å². The van der Waals surface area contributed by atoms with Gasteiger partial charge < -0.3 is 39.4 Å². The highest BCUT2D eigenvalue weighted by molar-refractivity contribution is 5.69. The molecule has 1 rings (SSSR count). The average Bonchev–Trinajstić information content (AvgIpc) is 3.24. The largest absolute Gasteiger partial charge is 0.457 e. The van der Waals surface area contributed by atoms with E-state index in [1.807, 2.05) is 0 Å². The predicted molar refractivity (Wildman–Crippen MR) is 242 cm³/mol. The van der Waals surface area contributed by atoms with Gasteiger partial charge >= 0.3 is 5.97 Å². The van der Waals surface area contributed by atoms with E-state index in [1.165, 1.54) is 167 Å². The molecular weight excluding hydrogens is 745 g/mol. The van der Waals surface area contributed by atoms with E-state index in [0.29, 0.717) is 13.0 Å². The third-order valence-corrected chi connectivity index (χ3v) is 11.6. The highest BCUT2D eigenvalue weighted by Gasteiger charge is 2.44. The van der Waals surface area contributed by atoms with Crippen LogP contribution in [0.3, 0.4) is 0 Å². The van der Waals surface area contributed by atoms with Crippen molar-refractivity contribution in [3.8, 4) is 0 Å². The SMILES string of the molecule is CCCCC/C=C\C/C=C\CCCCCCCCCCOCC(COC1OC(CO)C(O)C(O)C1O)OC(=O)CCCCCCCCCCCCCCCCCCCC. The lowest BCUT2D eigenvalue weighted by molar-refractivity contribution is -0.305. The second kappa shape index (κ2) is 42.0. The number of carbonyl (C=O) groups is 1. The lowest BCUT2D eigenvalue weighted by Gasteiger charge is -2.39. The molecule has 0 aromatic carbocycles. The molecule has 6 unspecified atom stereocenters. The molecule has 1 aliphatic rings. The molecule has 0 radical (unpaired) electrons. The summed E-state index contributed by atoms with van der Waals surface area (Å²) in [6.45, 7) is 4.56. The smallest absolute Gasteiger partial charge is 0.306 e. The van der Waals surface area contributed by atoms with E-state index in [1.54, 1.807) is 0 Å². The number of esters is 1. The molecule has 4 N–H and O–H groups in total. The van der Waals surface area contributed by atoms with Crippen LogP contribution in [0.1, 0.15) is 226 Å². The van der Waals surface area contributed by atoms with Crippen molar-refractivity contribution in [2.45, 2.75) is 263 Å². The van der Waals surface area contributed by atoms with Crippen LogP contribution < -0.4 is 0 Å². The van der Waals surface area contributed by atoms with Crippen LogP contribution in [0, 0.1) is 0 Å². The van der Waals surface area contributed by atoms with Gasteiger partial charge in [0.05, 0.1) is 19.8 Å². The first kappa shape index (κ1) is 55.7. The average molecular weight is 839 g/mol. The molecule has 0 spiro atoms. The van der Waals surface area contributed by atoms with Crippen molar-refractivity contribution in [1.82, 2.24) is 0 Å². The second-order valence-electron chi connectivity index (χ2n) is 17.3. The first-order valence-electron chi connectivity index (χ1n) is 24.9. The third kappa shape index (κ3) is 33.0. The standard InChI is InChI=1S/C50H94O9/c1-3-5-7-9-11-13-15-17-19-21-23-25-27-29-31-33-35-37-39-46(52)58-44(43-57-50-49(55)48(54)47(53)45(41-51)59-50)42-56-40-38-36-34-32-30-28-26-24-22-20-18-16-14-12-10-8-6-4-2/h12,14,18,20,44-45,47-51,53-55H,3-11,13,15-17,19,21-43H2,1-2H3/b14-12-,20-18-. The topological polar surface area (TPSA) is 135 Å². The van der Waals surface area contributed by atoms with Crippen molar-refractivity contribution in [3.63, 3.8) is 0 Å². The Bertz CT molecular complexity index is 957. The lowest BCUT2D eigenvalue weighted by Crippen LogP contribution is -2.59. The molecule has 9 heteroatoms. The molecule has 0 aromatic rings. The molecule has 1 aliphatic heterocycles. The fraction of sp³-hybridized carbons (Fsp3) is 0.900. The third-order valence-electron chi connectivity index (χ3n) is 11.6. The monoisotopic (exact) mass is 839 g/mol. The fourth-order valence-corrected chi connectivity index (χ4v) is 7.70. The molecule has 0 amide bonds. The Morgan fingerprint density at radius 2 is 0.983 bits per heavy atom. The predicted octanol–water partition coefficient (Wildman–Crippen LogP) is 11.8. The number of hydrogen-bond donors (Lipinski definition) is 4.